The van der Waals surface area contributed by atoms with Crippen molar-refractivity contribution in [3.8, 4) is 11.5 Å². The van der Waals surface area contributed by atoms with Crippen LogP contribution in [0.2, 0.25) is 0 Å². The minimum absolute atomic E-state index is 0. The Kier molecular flexibility index (Phi) is 8.81. The van der Waals surface area contributed by atoms with Crippen LogP contribution in [0.3, 0.4) is 0 Å². The van der Waals surface area contributed by atoms with E-state index in [1.54, 1.807) is 19.2 Å². The van der Waals surface area contributed by atoms with Crippen molar-refractivity contribution in [2.24, 2.45) is 0 Å². The molecule has 1 aromatic rings. The average molecular weight is 343 g/mol. The van der Waals surface area contributed by atoms with Gasteiger partial charge >= 0.3 is 0 Å². The standard InChI is InChI=1S/C17H26N2O3.ClH/c1-3-18-10-11-19-17(20)13-8-9-15(16(12-13)21-2)22-14-6-4-5-7-14;/h8-9,12,14,18H,3-7,10-11H2,1-2H3,(H,19,20);1H. The van der Waals surface area contributed by atoms with Crippen molar-refractivity contribution in [2.45, 2.75) is 38.7 Å². The van der Waals surface area contributed by atoms with E-state index >= 15 is 0 Å². The lowest BCUT2D eigenvalue weighted by Crippen LogP contribution is -2.31. The summed E-state index contributed by atoms with van der Waals surface area (Å²) in [5.74, 6) is 1.24. The summed E-state index contributed by atoms with van der Waals surface area (Å²) in [5, 5.41) is 6.05. The summed E-state index contributed by atoms with van der Waals surface area (Å²) in [4.78, 5) is 12.1. The number of likely N-dealkylation sites (N-methyl/N-ethyl adjacent to an activating group) is 1. The molecule has 2 N–H and O–H groups in total. The number of carbonyl (C=O) groups excluding carboxylic acids is 1. The minimum Gasteiger partial charge on any atom is -0.493 e. The molecule has 23 heavy (non-hydrogen) atoms. The van der Waals surface area contributed by atoms with Gasteiger partial charge in [0.15, 0.2) is 11.5 Å². The molecular weight excluding hydrogens is 316 g/mol. The molecule has 2 rings (SSSR count). The van der Waals surface area contributed by atoms with Crippen molar-refractivity contribution in [1.82, 2.24) is 10.6 Å². The van der Waals surface area contributed by atoms with Crippen LogP contribution >= 0.6 is 12.4 Å². The van der Waals surface area contributed by atoms with E-state index in [0.717, 1.165) is 31.7 Å². The molecule has 0 saturated heterocycles. The monoisotopic (exact) mass is 342 g/mol. The van der Waals surface area contributed by atoms with Crippen LogP contribution < -0.4 is 20.1 Å². The van der Waals surface area contributed by atoms with Crippen molar-refractivity contribution in [1.29, 1.82) is 0 Å². The predicted octanol–water partition coefficient (Wildman–Crippen LogP) is 2.78. The predicted molar refractivity (Wildman–Crippen MR) is 94.0 cm³/mol. The van der Waals surface area contributed by atoms with E-state index in [1.165, 1.54) is 12.8 Å². The molecule has 130 valence electrons. The molecule has 1 saturated carbocycles. The third kappa shape index (κ3) is 5.92. The fourth-order valence-electron chi connectivity index (χ4n) is 2.64. The van der Waals surface area contributed by atoms with Crippen molar-refractivity contribution in [3.63, 3.8) is 0 Å². The van der Waals surface area contributed by atoms with Gasteiger partial charge in [-0.2, -0.15) is 0 Å². The SMILES string of the molecule is CCNCCNC(=O)c1ccc(OC2CCCC2)c(OC)c1.Cl. The van der Waals surface area contributed by atoms with Crippen molar-refractivity contribution in [2.75, 3.05) is 26.7 Å². The van der Waals surface area contributed by atoms with E-state index in [0.29, 0.717) is 17.9 Å². The van der Waals surface area contributed by atoms with Crippen molar-refractivity contribution < 1.29 is 14.3 Å². The number of amides is 1. The molecule has 0 heterocycles. The summed E-state index contributed by atoms with van der Waals surface area (Å²) in [5.41, 5.74) is 0.590. The molecule has 0 bridgehead atoms. The highest BCUT2D eigenvalue weighted by Gasteiger charge is 2.19. The topological polar surface area (TPSA) is 59.6 Å². The Balaban J connectivity index is 0.00000264. The summed E-state index contributed by atoms with van der Waals surface area (Å²) in [6.07, 6.45) is 4.90. The Morgan fingerprint density at radius 1 is 1.22 bits per heavy atom. The zero-order valence-corrected chi connectivity index (χ0v) is 14.7. The zero-order valence-electron chi connectivity index (χ0n) is 13.9. The Morgan fingerprint density at radius 2 is 1.96 bits per heavy atom. The molecule has 1 amide bonds. The minimum atomic E-state index is -0.0939. The Morgan fingerprint density at radius 3 is 2.61 bits per heavy atom. The third-order valence-corrected chi connectivity index (χ3v) is 3.86. The molecule has 0 unspecified atom stereocenters. The molecule has 0 atom stereocenters. The van der Waals surface area contributed by atoms with Gasteiger partial charge in [-0.15, -0.1) is 12.4 Å². The smallest absolute Gasteiger partial charge is 0.251 e. The fraction of sp³-hybridized carbons (Fsp3) is 0.588. The lowest BCUT2D eigenvalue weighted by molar-refractivity contribution is 0.0953. The number of halogens is 1. The summed E-state index contributed by atoms with van der Waals surface area (Å²) in [7, 11) is 1.60. The van der Waals surface area contributed by atoms with E-state index in [2.05, 4.69) is 10.6 Å². The maximum Gasteiger partial charge on any atom is 0.251 e. The number of ether oxygens (including phenoxy) is 2. The highest BCUT2D eigenvalue weighted by atomic mass is 35.5. The van der Waals surface area contributed by atoms with Gasteiger partial charge in [-0.1, -0.05) is 6.92 Å². The second-order valence-electron chi connectivity index (χ2n) is 5.50. The zero-order chi connectivity index (χ0) is 15.8. The number of carbonyl (C=O) groups is 1. The van der Waals surface area contributed by atoms with Crippen LogP contribution in [-0.4, -0.2) is 38.8 Å². The molecule has 0 aromatic heterocycles. The Bertz CT molecular complexity index is 491. The van der Waals surface area contributed by atoms with E-state index in [4.69, 9.17) is 9.47 Å². The summed E-state index contributed by atoms with van der Waals surface area (Å²) < 4.78 is 11.4. The molecule has 1 aliphatic rings. The highest BCUT2D eigenvalue weighted by molar-refractivity contribution is 5.94. The summed E-state index contributed by atoms with van der Waals surface area (Å²) in [6.45, 7) is 4.31. The number of methoxy groups -OCH3 is 1. The lowest BCUT2D eigenvalue weighted by atomic mass is 10.2. The summed E-state index contributed by atoms with van der Waals surface area (Å²) in [6, 6.07) is 5.36. The Hall–Kier alpha value is -1.46. The number of rotatable bonds is 8. The molecule has 0 radical (unpaired) electrons. The van der Waals surface area contributed by atoms with Crippen LogP contribution in [0.25, 0.3) is 0 Å². The molecule has 0 spiro atoms. The van der Waals surface area contributed by atoms with Gasteiger partial charge in [-0.25, -0.2) is 0 Å². The lowest BCUT2D eigenvalue weighted by Gasteiger charge is -2.16. The van der Waals surface area contributed by atoms with Crippen molar-refractivity contribution >= 4 is 18.3 Å². The largest absolute Gasteiger partial charge is 0.493 e. The maximum atomic E-state index is 12.1. The van der Waals surface area contributed by atoms with E-state index in [-0.39, 0.29) is 24.4 Å². The normalized spacial score (nSPS) is 14.2. The second kappa shape index (κ2) is 10.3. The number of hydrogen-bond acceptors (Lipinski definition) is 4. The third-order valence-electron chi connectivity index (χ3n) is 3.86. The first-order chi connectivity index (χ1) is 10.7. The van der Waals surface area contributed by atoms with Gasteiger partial charge in [0.2, 0.25) is 0 Å². The first-order valence-corrected chi connectivity index (χ1v) is 8.08. The van der Waals surface area contributed by atoms with Gasteiger partial charge in [-0.3, -0.25) is 4.79 Å². The summed E-state index contributed by atoms with van der Waals surface area (Å²) >= 11 is 0. The van der Waals surface area contributed by atoms with Crippen LogP contribution in [0.4, 0.5) is 0 Å². The van der Waals surface area contributed by atoms with Gasteiger partial charge in [0.25, 0.3) is 5.91 Å². The van der Waals surface area contributed by atoms with Gasteiger partial charge in [-0.05, 0) is 50.4 Å². The van der Waals surface area contributed by atoms with E-state index in [9.17, 15) is 4.79 Å². The van der Waals surface area contributed by atoms with E-state index in [1.807, 2.05) is 13.0 Å². The van der Waals surface area contributed by atoms with Gasteiger partial charge in [0.05, 0.1) is 13.2 Å². The quantitative estimate of drug-likeness (QED) is 0.713. The average Bonchev–Trinajstić information content (AvgIpc) is 3.04. The van der Waals surface area contributed by atoms with Gasteiger partial charge < -0.3 is 20.1 Å². The number of benzene rings is 1. The first-order valence-electron chi connectivity index (χ1n) is 8.08. The van der Waals surface area contributed by atoms with Crippen LogP contribution in [0, 0.1) is 0 Å². The molecule has 1 aliphatic carbocycles. The van der Waals surface area contributed by atoms with Crippen LogP contribution in [0.1, 0.15) is 43.0 Å². The fourth-order valence-corrected chi connectivity index (χ4v) is 2.64. The number of hydrogen-bond donors (Lipinski definition) is 2. The van der Waals surface area contributed by atoms with Gasteiger partial charge in [0, 0.05) is 18.7 Å². The molecule has 6 heteroatoms. The maximum absolute atomic E-state index is 12.1. The molecule has 5 nitrogen and oxygen atoms in total. The molecule has 1 fully saturated rings. The highest BCUT2D eigenvalue weighted by Crippen LogP contribution is 2.32. The Labute approximate surface area is 144 Å². The molecular formula is C17H27ClN2O3. The molecule has 0 aliphatic heterocycles. The molecule has 1 aromatic carbocycles. The van der Waals surface area contributed by atoms with Crippen LogP contribution in [-0.2, 0) is 0 Å². The first kappa shape index (κ1) is 19.6. The van der Waals surface area contributed by atoms with E-state index < -0.39 is 0 Å². The van der Waals surface area contributed by atoms with Crippen LogP contribution in [0.15, 0.2) is 18.2 Å². The second-order valence-corrected chi connectivity index (χ2v) is 5.50. The van der Waals surface area contributed by atoms with Crippen LogP contribution in [0.5, 0.6) is 11.5 Å². The van der Waals surface area contributed by atoms with Gasteiger partial charge in [0.1, 0.15) is 0 Å². The number of nitrogens with one attached hydrogen (secondary N) is 2. The van der Waals surface area contributed by atoms with Crippen molar-refractivity contribution in [3.05, 3.63) is 23.8 Å².